The highest BCUT2D eigenvalue weighted by Crippen LogP contribution is 2.08. The molecule has 0 aromatic carbocycles. The molecular weight excluding hydrogens is 236 g/mol. The molecule has 0 spiro atoms. The fraction of sp³-hybridized carbons (Fsp3) is 0.636. The summed E-state index contributed by atoms with van der Waals surface area (Å²) in [4.78, 5) is 18.9. The van der Waals surface area contributed by atoms with Crippen molar-refractivity contribution in [2.45, 2.75) is 25.4 Å². The maximum atomic E-state index is 11.7. The molecule has 0 atom stereocenters. The predicted molar refractivity (Wildman–Crippen MR) is 67.6 cm³/mol. The van der Waals surface area contributed by atoms with Crippen LogP contribution in [0.4, 0.5) is 0 Å². The second-order valence-electron chi connectivity index (χ2n) is 4.36. The third-order valence-corrected chi connectivity index (χ3v) is 3.72. The lowest BCUT2D eigenvalue weighted by Crippen LogP contribution is -2.44. The number of rotatable bonds is 4. The van der Waals surface area contributed by atoms with Gasteiger partial charge in [0.25, 0.3) is 0 Å². The first-order valence-electron chi connectivity index (χ1n) is 5.86. The Kier molecular flexibility index (Phi) is 4.47. The van der Waals surface area contributed by atoms with E-state index in [4.69, 9.17) is 5.73 Å². The number of amides is 1. The van der Waals surface area contributed by atoms with Gasteiger partial charge in [-0.05, 0) is 12.8 Å². The highest BCUT2D eigenvalue weighted by atomic mass is 32.1. The van der Waals surface area contributed by atoms with E-state index in [-0.39, 0.29) is 5.91 Å². The van der Waals surface area contributed by atoms with Gasteiger partial charge in [0, 0.05) is 30.2 Å². The van der Waals surface area contributed by atoms with Crippen molar-refractivity contribution >= 4 is 17.2 Å². The first kappa shape index (κ1) is 12.5. The van der Waals surface area contributed by atoms with Crippen LogP contribution >= 0.6 is 11.3 Å². The highest BCUT2D eigenvalue weighted by molar-refractivity contribution is 7.09. The predicted octanol–water partition coefficient (Wildman–Crippen LogP) is 0.182. The summed E-state index contributed by atoms with van der Waals surface area (Å²) < 4.78 is 0. The zero-order valence-electron chi connectivity index (χ0n) is 9.76. The van der Waals surface area contributed by atoms with Crippen LogP contribution in [0, 0.1) is 0 Å². The topological polar surface area (TPSA) is 71.2 Å². The fourth-order valence-electron chi connectivity index (χ4n) is 1.89. The molecule has 17 heavy (non-hydrogen) atoms. The van der Waals surface area contributed by atoms with Gasteiger partial charge in [0.15, 0.2) is 0 Å². The number of piperidine rings is 1. The van der Waals surface area contributed by atoms with Crippen molar-refractivity contribution in [2.75, 3.05) is 19.6 Å². The Hall–Kier alpha value is -0.980. The maximum absolute atomic E-state index is 11.7. The fourth-order valence-corrected chi connectivity index (χ4v) is 2.42. The van der Waals surface area contributed by atoms with Crippen LogP contribution in [-0.2, 0) is 11.3 Å². The van der Waals surface area contributed by atoms with Gasteiger partial charge in [-0.1, -0.05) is 0 Å². The minimum absolute atomic E-state index is 0.0777. The van der Waals surface area contributed by atoms with E-state index in [0.29, 0.717) is 19.1 Å². The molecule has 1 aliphatic rings. The van der Waals surface area contributed by atoms with E-state index < -0.39 is 0 Å². The number of hydrogen-bond acceptors (Lipinski definition) is 5. The van der Waals surface area contributed by atoms with Gasteiger partial charge in [0.05, 0.1) is 18.6 Å². The average Bonchev–Trinajstić information content (AvgIpc) is 2.83. The number of carbonyl (C=O) groups excluding carboxylic acids is 1. The summed E-state index contributed by atoms with van der Waals surface area (Å²) >= 11 is 1.56. The Morgan fingerprint density at radius 1 is 1.59 bits per heavy atom. The molecule has 2 heterocycles. The molecule has 0 unspecified atom stereocenters. The molecule has 1 aliphatic heterocycles. The van der Waals surface area contributed by atoms with Crippen molar-refractivity contribution in [1.29, 1.82) is 0 Å². The summed E-state index contributed by atoms with van der Waals surface area (Å²) in [6.07, 6.45) is 3.76. The van der Waals surface area contributed by atoms with Gasteiger partial charge in [-0.25, -0.2) is 0 Å². The molecule has 1 fully saturated rings. The molecule has 94 valence electrons. The molecule has 1 aromatic heterocycles. The molecule has 1 aromatic rings. The van der Waals surface area contributed by atoms with E-state index in [1.807, 2.05) is 0 Å². The van der Waals surface area contributed by atoms with Crippen LogP contribution in [0.1, 0.15) is 17.7 Å². The average molecular weight is 254 g/mol. The minimum Gasteiger partial charge on any atom is -0.350 e. The van der Waals surface area contributed by atoms with Crippen LogP contribution in [0.2, 0.25) is 0 Å². The number of thiazole rings is 1. The molecule has 2 rings (SSSR count). The lowest BCUT2D eigenvalue weighted by molar-refractivity contribution is -0.122. The van der Waals surface area contributed by atoms with E-state index in [1.54, 1.807) is 23.0 Å². The molecule has 6 heteroatoms. The number of nitrogens with one attached hydrogen (secondary N) is 1. The van der Waals surface area contributed by atoms with Gasteiger partial charge in [0.1, 0.15) is 0 Å². The standard InChI is InChI=1S/C11H18N4OS/c12-9-1-3-15(4-2-9)7-11(16)14-6-10-5-13-8-17-10/h5,8-9H,1-4,6-7,12H2,(H,14,16). The third kappa shape index (κ3) is 4.07. The molecule has 5 nitrogen and oxygen atoms in total. The normalized spacial score (nSPS) is 18.2. The summed E-state index contributed by atoms with van der Waals surface area (Å²) in [7, 11) is 0. The van der Waals surface area contributed by atoms with Crippen molar-refractivity contribution in [2.24, 2.45) is 5.73 Å². The molecule has 0 saturated carbocycles. The summed E-state index contributed by atoms with van der Waals surface area (Å²) in [5.41, 5.74) is 7.59. The Morgan fingerprint density at radius 2 is 2.35 bits per heavy atom. The summed E-state index contributed by atoms with van der Waals surface area (Å²) in [6.45, 7) is 2.91. The lowest BCUT2D eigenvalue weighted by Gasteiger charge is -2.29. The van der Waals surface area contributed by atoms with E-state index >= 15 is 0 Å². The Labute approximate surface area is 105 Å². The number of carbonyl (C=O) groups is 1. The van der Waals surface area contributed by atoms with Crippen LogP contribution in [0.5, 0.6) is 0 Å². The van der Waals surface area contributed by atoms with Crippen LogP contribution in [-0.4, -0.2) is 41.5 Å². The molecule has 1 saturated heterocycles. The highest BCUT2D eigenvalue weighted by Gasteiger charge is 2.17. The monoisotopic (exact) mass is 254 g/mol. The largest absolute Gasteiger partial charge is 0.350 e. The third-order valence-electron chi connectivity index (χ3n) is 2.94. The zero-order valence-corrected chi connectivity index (χ0v) is 10.6. The van der Waals surface area contributed by atoms with E-state index in [2.05, 4.69) is 15.2 Å². The lowest BCUT2D eigenvalue weighted by atomic mass is 10.1. The van der Waals surface area contributed by atoms with Crippen LogP contribution in [0.3, 0.4) is 0 Å². The van der Waals surface area contributed by atoms with Crippen molar-refractivity contribution in [3.05, 3.63) is 16.6 Å². The van der Waals surface area contributed by atoms with Crippen molar-refractivity contribution in [3.63, 3.8) is 0 Å². The smallest absolute Gasteiger partial charge is 0.234 e. The number of aromatic nitrogens is 1. The minimum atomic E-state index is 0.0777. The quantitative estimate of drug-likeness (QED) is 0.804. The molecule has 1 amide bonds. The molecular formula is C11H18N4OS. The zero-order chi connectivity index (χ0) is 12.1. The molecule has 0 radical (unpaired) electrons. The van der Waals surface area contributed by atoms with Gasteiger partial charge >= 0.3 is 0 Å². The van der Waals surface area contributed by atoms with Crippen LogP contribution in [0.25, 0.3) is 0 Å². The first-order chi connectivity index (χ1) is 8.24. The number of nitrogens with zero attached hydrogens (tertiary/aromatic N) is 2. The van der Waals surface area contributed by atoms with Gasteiger partial charge in [-0.3, -0.25) is 14.7 Å². The number of likely N-dealkylation sites (tertiary alicyclic amines) is 1. The Balaban J connectivity index is 1.67. The van der Waals surface area contributed by atoms with Crippen LogP contribution in [0.15, 0.2) is 11.7 Å². The Bertz CT molecular complexity index is 346. The van der Waals surface area contributed by atoms with Crippen LogP contribution < -0.4 is 11.1 Å². The first-order valence-corrected chi connectivity index (χ1v) is 6.74. The Morgan fingerprint density at radius 3 is 3.00 bits per heavy atom. The van der Waals surface area contributed by atoms with E-state index in [0.717, 1.165) is 30.8 Å². The summed E-state index contributed by atoms with van der Waals surface area (Å²) in [5, 5.41) is 2.90. The molecule has 0 aliphatic carbocycles. The summed E-state index contributed by atoms with van der Waals surface area (Å²) in [6, 6.07) is 0.312. The van der Waals surface area contributed by atoms with Gasteiger partial charge in [-0.2, -0.15) is 0 Å². The maximum Gasteiger partial charge on any atom is 0.234 e. The van der Waals surface area contributed by atoms with Crippen molar-refractivity contribution in [3.8, 4) is 0 Å². The molecule has 3 N–H and O–H groups in total. The molecule has 0 bridgehead atoms. The number of nitrogens with two attached hydrogens (primary N) is 1. The second-order valence-corrected chi connectivity index (χ2v) is 5.33. The van der Waals surface area contributed by atoms with Crippen molar-refractivity contribution < 1.29 is 4.79 Å². The summed E-state index contributed by atoms with van der Waals surface area (Å²) in [5.74, 6) is 0.0777. The van der Waals surface area contributed by atoms with E-state index in [9.17, 15) is 4.79 Å². The second kappa shape index (κ2) is 6.09. The van der Waals surface area contributed by atoms with Crippen molar-refractivity contribution in [1.82, 2.24) is 15.2 Å². The number of hydrogen-bond donors (Lipinski definition) is 2. The van der Waals surface area contributed by atoms with Gasteiger partial charge < -0.3 is 11.1 Å². The SMILES string of the molecule is NC1CCN(CC(=O)NCc2cncs2)CC1. The van der Waals surface area contributed by atoms with E-state index in [1.165, 1.54) is 0 Å². The van der Waals surface area contributed by atoms with Gasteiger partial charge in [-0.15, -0.1) is 11.3 Å². The van der Waals surface area contributed by atoms with Gasteiger partial charge in [0.2, 0.25) is 5.91 Å².